The number of hydrogen-bond donors (Lipinski definition) is 2. The zero-order valence-corrected chi connectivity index (χ0v) is 19.7. The van der Waals surface area contributed by atoms with Crippen LogP contribution in [0.1, 0.15) is 42.5 Å². The number of halogens is 1. The molecule has 0 bridgehead atoms. The molecule has 1 fully saturated rings. The molecule has 0 saturated heterocycles. The van der Waals surface area contributed by atoms with Gasteiger partial charge in [-0.25, -0.2) is 18.3 Å². The third-order valence-electron chi connectivity index (χ3n) is 6.52. The van der Waals surface area contributed by atoms with Gasteiger partial charge in [-0.3, -0.25) is 19.0 Å². The van der Waals surface area contributed by atoms with Crippen molar-refractivity contribution in [2.45, 2.75) is 44.7 Å². The number of benzene rings is 2. The summed E-state index contributed by atoms with van der Waals surface area (Å²) in [6, 6.07) is 9.92. The Bertz CT molecular complexity index is 1600. The van der Waals surface area contributed by atoms with E-state index in [-0.39, 0.29) is 34.2 Å². The van der Waals surface area contributed by atoms with E-state index in [0.29, 0.717) is 11.3 Å². The smallest absolute Gasteiger partial charge is 0.349 e. The highest BCUT2D eigenvalue weighted by Crippen LogP contribution is 2.19. The number of nitrogens with one attached hydrogen (secondary N) is 2. The Hall–Kier alpha value is -4.28. The molecule has 11 heteroatoms. The third kappa shape index (κ3) is 4.39. The van der Waals surface area contributed by atoms with Gasteiger partial charge in [-0.15, -0.1) is 5.10 Å². The van der Waals surface area contributed by atoms with Gasteiger partial charge in [0.05, 0.1) is 10.9 Å². The molecule has 4 aromatic rings. The van der Waals surface area contributed by atoms with Crippen LogP contribution in [0.4, 0.5) is 10.1 Å². The van der Waals surface area contributed by atoms with Gasteiger partial charge in [0.1, 0.15) is 12.4 Å². The number of aryl methyl sites for hydroxylation is 1. The topological polar surface area (TPSA) is 120 Å². The van der Waals surface area contributed by atoms with Gasteiger partial charge in [0.15, 0.2) is 0 Å². The highest BCUT2D eigenvalue weighted by molar-refractivity contribution is 5.98. The van der Waals surface area contributed by atoms with Crippen molar-refractivity contribution in [3.8, 4) is 0 Å². The number of anilines is 1. The van der Waals surface area contributed by atoms with Crippen molar-refractivity contribution in [2.75, 3.05) is 5.32 Å². The van der Waals surface area contributed by atoms with Gasteiger partial charge in [-0.1, -0.05) is 19.3 Å². The van der Waals surface area contributed by atoms with Crippen molar-refractivity contribution in [1.29, 1.82) is 0 Å². The fourth-order valence-corrected chi connectivity index (χ4v) is 4.62. The van der Waals surface area contributed by atoms with Gasteiger partial charge < -0.3 is 10.6 Å². The summed E-state index contributed by atoms with van der Waals surface area (Å²) in [4.78, 5) is 51.6. The summed E-state index contributed by atoms with van der Waals surface area (Å²) in [5, 5.41) is 10.1. The first-order valence-electron chi connectivity index (χ1n) is 11.8. The second-order valence-electron chi connectivity index (χ2n) is 9.04. The van der Waals surface area contributed by atoms with Crippen LogP contribution in [0.25, 0.3) is 16.7 Å². The van der Waals surface area contributed by atoms with Crippen molar-refractivity contribution in [1.82, 2.24) is 24.1 Å². The SMILES string of the molecule is Cn1c(=O)c2ccc(C(=O)NC3CCCCC3)cc2n2c(=O)n(CC(=O)Nc3ccc(F)cc3)nc12. The van der Waals surface area contributed by atoms with Gasteiger partial charge in [0.2, 0.25) is 11.7 Å². The lowest BCUT2D eigenvalue weighted by molar-refractivity contribution is -0.117. The quantitative estimate of drug-likeness (QED) is 0.443. The number of fused-ring (bicyclic) bond motifs is 3. The second kappa shape index (κ2) is 9.40. The molecule has 1 aliphatic rings. The Morgan fingerprint density at radius 2 is 1.78 bits per heavy atom. The molecule has 2 aromatic heterocycles. The van der Waals surface area contributed by atoms with Gasteiger partial charge in [-0.2, -0.15) is 0 Å². The fraction of sp³-hybridized carbons (Fsp3) is 0.320. The number of amides is 2. The molecule has 0 aliphatic heterocycles. The number of carbonyl (C=O) groups is 2. The van der Waals surface area contributed by atoms with Gasteiger partial charge in [0.25, 0.3) is 11.5 Å². The molecule has 10 nitrogen and oxygen atoms in total. The minimum absolute atomic E-state index is 0.0388. The van der Waals surface area contributed by atoms with Crippen LogP contribution in [0.2, 0.25) is 0 Å². The summed E-state index contributed by atoms with van der Waals surface area (Å²) in [5.74, 6) is -1.22. The van der Waals surface area contributed by atoms with Crippen molar-refractivity contribution in [3.05, 3.63) is 74.7 Å². The average Bonchev–Trinajstić information content (AvgIpc) is 3.20. The standard InChI is InChI=1S/C25H25FN6O4/c1-30-23(35)19-12-7-15(22(34)28-17-5-3-2-4-6-17)13-20(19)32-24(30)29-31(25(32)36)14-21(33)27-18-10-8-16(26)9-11-18/h7-13,17H,2-6,14H2,1H3,(H,27,33)(H,28,34). The molecule has 36 heavy (non-hydrogen) atoms. The summed E-state index contributed by atoms with van der Waals surface area (Å²) in [6.45, 7) is -0.421. The van der Waals surface area contributed by atoms with Crippen LogP contribution in [0.5, 0.6) is 0 Å². The number of hydrogen-bond acceptors (Lipinski definition) is 5. The molecule has 2 heterocycles. The minimum Gasteiger partial charge on any atom is -0.349 e. The van der Waals surface area contributed by atoms with Crippen LogP contribution < -0.4 is 21.9 Å². The molecule has 0 unspecified atom stereocenters. The summed E-state index contributed by atoms with van der Waals surface area (Å²) in [7, 11) is 1.48. The Balaban J connectivity index is 1.50. The maximum Gasteiger partial charge on any atom is 0.352 e. The molecule has 186 valence electrons. The molecule has 2 amide bonds. The minimum atomic E-state index is -0.635. The molecular formula is C25H25FN6O4. The van der Waals surface area contributed by atoms with Crippen LogP contribution in [-0.2, 0) is 18.4 Å². The van der Waals surface area contributed by atoms with Crippen LogP contribution in [-0.4, -0.2) is 36.6 Å². The lowest BCUT2D eigenvalue weighted by atomic mass is 9.95. The molecule has 5 rings (SSSR count). The first-order chi connectivity index (χ1) is 17.3. The zero-order chi connectivity index (χ0) is 25.4. The van der Waals surface area contributed by atoms with Gasteiger partial charge >= 0.3 is 5.69 Å². The molecule has 1 aliphatic carbocycles. The molecule has 2 aromatic carbocycles. The molecule has 0 spiro atoms. The predicted octanol–water partition coefficient (Wildman–Crippen LogP) is 2.19. The number of aromatic nitrogens is 4. The zero-order valence-electron chi connectivity index (χ0n) is 19.7. The number of nitrogens with zero attached hydrogens (tertiary/aromatic N) is 4. The van der Waals surface area contributed by atoms with E-state index in [9.17, 15) is 23.6 Å². The molecule has 1 saturated carbocycles. The molecule has 0 radical (unpaired) electrons. The van der Waals surface area contributed by atoms with E-state index in [1.54, 1.807) is 6.07 Å². The van der Waals surface area contributed by atoms with E-state index in [2.05, 4.69) is 15.7 Å². The monoisotopic (exact) mass is 492 g/mol. The van der Waals surface area contributed by atoms with Crippen LogP contribution >= 0.6 is 0 Å². The van der Waals surface area contributed by atoms with Gasteiger partial charge in [0, 0.05) is 24.3 Å². The van der Waals surface area contributed by atoms with Crippen LogP contribution in [0, 0.1) is 5.82 Å². The summed E-state index contributed by atoms with van der Waals surface area (Å²) in [6.07, 6.45) is 5.16. The first-order valence-corrected chi connectivity index (χ1v) is 11.8. The van der Waals surface area contributed by atoms with Crippen molar-refractivity contribution in [2.24, 2.45) is 7.05 Å². The van der Waals surface area contributed by atoms with Crippen molar-refractivity contribution in [3.63, 3.8) is 0 Å². The van der Waals surface area contributed by atoms with E-state index in [0.717, 1.165) is 30.4 Å². The Labute approximate surface area is 204 Å². The number of carbonyl (C=O) groups excluding carboxylic acids is 2. The van der Waals surface area contributed by atoms with Gasteiger partial charge in [-0.05, 0) is 55.3 Å². The largest absolute Gasteiger partial charge is 0.352 e. The van der Waals surface area contributed by atoms with Crippen molar-refractivity contribution >= 4 is 34.2 Å². The first kappa shape index (κ1) is 23.5. The van der Waals surface area contributed by atoms with E-state index in [1.165, 1.54) is 58.8 Å². The van der Waals surface area contributed by atoms with E-state index >= 15 is 0 Å². The lowest BCUT2D eigenvalue weighted by Crippen LogP contribution is -2.36. The summed E-state index contributed by atoms with van der Waals surface area (Å²) < 4.78 is 16.5. The van der Waals surface area contributed by atoms with E-state index in [4.69, 9.17) is 0 Å². The predicted molar refractivity (Wildman–Crippen MR) is 132 cm³/mol. The summed E-state index contributed by atoms with van der Waals surface area (Å²) in [5.41, 5.74) is -0.0880. The maximum atomic E-state index is 13.3. The molecular weight excluding hydrogens is 467 g/mol. The van der Waals surface area contributed by atoms with Crippen LogP contribution in [0.3, 0.4) is 0 Å². The van der Waals surface area contributed by atoms with Crippen LogP contribution in [0.15, 0.2) is 52.1 Å². The highest BCUT2D eigenvalue weighted by atomic mass is 19.1. The normalized spacial score (nSPS) is 14.3. The molecule has 2 N–H and O–H groups in total. The van der Waals surface area contributed by atoms with E-state index < -0.39 is 24.0 Å². The third-order valence-corrected chi connectivity index (χ3v) is 6.52. The molecule has 0 atom stereocenters. The van der Waals surface area contributed by atoms with Crippen molar-refractivity contribution < 1.29 is 14.0 Å². The Morgan fingerprint density at radius 1 is 1.06 bits per heavy atom. The lowest BCUT2D eigenvalue weighted by Gasteiger charge is -2.22. The second-order valence-corrected chi connectivity index (χ2v) is 9.04. The highest BCUT2D eigenvalue weighted by Gasteiger charge is 2.20. The van der Waals surface area contributed by atoms with E-state index in [1.807, 2.05) is 0 Å². The summed E-state index contributed by atoms with van der Waals surface area (Å²) >= 11 is 0. The average molecular weight is 493 g/mol. The Kier molecular flexibility index (Phi) is 6.13. The number of rotatable bonds is 5. The maximum absolute atomic E-state index is 13.3. The Morgan fingerprint density at radius 3 is 2.50 bits per heavy atom. The fourth-order valence-electron chi connectivity index (χ4n) is 4.62.